The quantitative estimate of drug-likeness (QED) is 0.762. The van der Waals surface area contributed by atoms with Gasteiger partial charge in [-0.05, 0) is 42.6 Å². The molecule has 0 N–H and O–H groups in total. The molecule has 0 atom stereocenters. The summed E-state index contributed by atoms with van der Waals surface area (Å²) in [5.74, 6) is 0.589. The summed E-state index contributed by atoms with van der Waals surface area (Å²) in [7, 11) is 0. The van der Waals surface area contributed by atoms with E-state index in [-0.39, 0.29) is 0 Å². The van der Waals surface area contributed by atoms with Gasteiger partial charge in [-0.2, -0.15) is 13.2 Å². The number of hydrogen-bond donors (Lipinski definition) is 0. The fourth-order valence-electron chi connectivity index (χ4n) is 2.27. The lowest BCUT2D eigenvalue weighted by molar-refractivity contribution is -0.137. The van der Waals surface area contributed by atoms with Crippen molar-refractivity contribution in [1.29, 1.82) is 0 Å². The van der Waals surface area contributed by atoms with Gasteiger partial charge in [0.2, 0.25) is 0 Å². The van der Waals surface area contributed by atoms with Gasteiger partial charge >= 0.3 is 6.18 Å². The van der Waals surface area contributed by atoms with Crippen molar-refractivity contribution < 1.29 is 13.2 Å². The van der Waals surface area contributed by atoms with E-state index in [0.717, 1.165) is 37.1 Å². The first kappa shape index (κ1) is 13.7. The van der Waals surface area contributed by atoms with Crippen LogP contribution in [0.2, 0.25) is 0 Å². The van der Waals surface area contributed by atoms with Crippen LogP contribution >= 0.6 is 11.6 Å². The smallest absolute Gasteiger partial charge is 0.299 e. The average molecular weight is 278 g/mol. The van der Waals surface area contributed by atoms with Gasteiger partial charge in [-0.1, -0.05) is 6.07 Å². The number of fused-ring (bicyclic) bond motifs is 1. The van der Waals surface area contributed by atoms with Crippen LogP contribution in [0.1, 0.15) is 23.1 Å². The van der Waals surface area contributed by atoms with Crippen LogP contribution in [0, 0.1) is 0 Å². The number of alkyl halides is 4. The third-order valence-corrected chi connectivity index (χ3v) is 3.50. The van der Waals surface area contributed by atoms with Crippen LogP contribution in [-0.4, -0.2) is 23.9 Å². The van der Waals surface area contributed by atoms with E-state index in [9.17, 15) is 13.2 Å². The second-order valence-electron chi connectivity index (χ2n) is 4.55. The van der Waals surface area contributed by atoms with Crippen molar-refractivity contribution in [1.82, 2.24) is 4.90 Å². The van der Waals surface area contributed by atoms with Gasteiger partial charge in [0.1, 0.15) is 0 Å². The lowest BCUT2D eigenvalue weighted by atomic mass is 9.97. The van der Waals surface area contributed by atoms with Crippen LogP contribution in [0.25, 0.3) is 0 Å². The Labute approximate surface area is 110 Å². The molecule has 0 unspecified atom stereocenters. The zero-order valence-corrected chi connectivity index (χ0v) is 10.7. The maximum Gasteiger partial charge on any atom is 0.416 e. The summed E-state index contributed by atoms with van der Waals surface area (Å²) in [6.45, 7) is 2.34. The van der Waals surface area contributed by atoms with Gasteiger partial charge in [0.05, 0.1) is 5.56 Å². The molecule has 0 fully saturated rings. The molecule has 100 valence electrons. The highest BCUT2D eigenvalue weighted by molar-refractivity contribution is 6.17. The molecule has 0 bridgehead atoms. The Morgan fingerprint density at radius 1 is 1.22 bits per heavy atom. The van der Waals surface area contributed by atoms with Crippen LogP contribution in [-0.2, 0) is 19.1 Å². The molecular formula is C13H15ClF3N. The summed E-state index contributed by atoms with van der Waals surface area (Å²) < 4.78 is 37.9. The number of hydrogen-bond acceptors (Lipinski definition) is 1. The number of benzene rings is 1. The van der Waals surface area contributed by atoms with Crippen LogP contribution in [0.15, 0.2) is 18.2 Å². The average Bonchev–Trinajstić information content (AvgIpc) is 2.34. The molecule has 1 heterocycles. The maximum atomic E-state index is 12.6. The molecule has 0 aliphatic carbocycles. The fourth-order valence-corrected chi connectivity index (χ4v) is 2.39. The first-order valence-corrected chi connectivity index (χ1v) is 6.51. The zero-order valence-electron chi connectivity index (χ0n) is 9.93. The first-order valence-electron chi connectivity index (χ1n) is 5.98. The Morgan fingerprint density at radius 3 is 2.67 bits per heavy atom. The number of halogens is 4. The molecular weight excluding hydrogens is 263 g/mol. The van der Waals surface area contributed by atoms with Crippen molar-refractivity contribution >= 4 is 11.6 Å². The van der Waals surface area contributed by atoms with Crippen LogP contribution in [0.4, 0.5) is 13.2 Å². The van der Waals surface area contributed by atoms with E-state index < -0.39 is 11.7 Å². The summed E-state index contributed by atoms with van der Waals surface area (Å²) in [5.41, 5.74) is 1.27. The molecule has 0 radical (unpaired) electrons. The Balaban J connectivity index is 2.14. The third-order valence-electron chi connectivity index (χ3n) is 3.23. The second-order valence-corrected chi connectivity index (χ2v) is 4.93. The predicted octanol–water partition coefficient (Wildman–Crippen LogP) is 3.69. The van der Waals surface area contributed by atoms with Gasteiger partial charge in [0.15, 0.2) is 0 Å². The van der Waals surface area contributed by atoms with Crippen LogP contribution < -0.4 is 0 Å². The first-order chi connectivity index (χ1) is 8.50. The van der Waals surface area contributed by atoms with E-state index in [1.165, 1.54) is 12.1 Å². The van der Waals surface area contributed by atoms with Crippen molar-refractivity contribution in [2.24, 2.45) is 0 Å². The minimum atomic E-state index is -4.26. The van der Waals surface area contributed by atoms with Crippen molar-refractivity contribution in [2.75, 3.05) is 19.0 Å². The van der Waals surface area contributed by atoms with E-state index in [0.29, 0.717) is 12.4 Å². The number of nitrogens with zero attached hydrogens (tertiary/aromatic N) is 1. The number of rotatable bonds is 3. The summed E-state index contributed by atoms with van der Waals surface area (Å²) in [6, 6.07) is 4.06. The SMILES string of the molecule is FC(F)(F)c1ccc2c(c1)CN(CCCCl)CC2. The van der Waals surface area contributed by atoms with E-state index in [1.54, 1.807) is 6.07 Å². The topological polar surface area (TPSA) is 3.24 Å². The Hall–Kier alpha value is -0.740. The molecule has 1 aromatic carbocycles. The lowest BCUT2D eigenvalue weighted by Gasteiger charge is -2.29. The molecule has 0 amide bonds. The van der Waals surface area contributed by atoms with Gasteiger partial charge in [-0.25, -0.2) is 0 Å². The summed E-state index contributed by atoms with van der Waals surface area (Å²) in [5, 5.41) is 0. The van der Waals surface area contributed by atoms with Gasteiger partial charge in [-0.15, -0.1) is 11.6 Å². The summed E-state index contributed by atoms with van der Waals surface area (Å²) in [4.78, 5) is 2.16. The molecule has 5 heteroatoms. The normalized spacial score (nSPS) is 16.7. The largest absolute Gasteiger partial charge is 0.416 e. The van der Waals surface area contributed by atoms with Crippen LogP contribution in [0.5, 0.6) is 0 Å². The van der Waals surface area contributed by atoms with Gasteiger partial charge in [0, 0.05) is 19.0 Å². The molecule has 1 aromatic rings. The van der Waals surface area contributed by atoms with E-state index in [2.05, 4.69) is 4.90 Å². The Kier molecular flexibility index (Phi) is 4.17. The summed E-state index contributed by atoms with van der Waals surface area (Å²) in [6.07, 6.45) is -2.57. The highest BCUT2D eigenvalue weighted by Crippen LogP contribution is 2.32. The van der Waals surface area contributed by atoms with Gasteiger partial charge in [0.25, 0.3) is 0 Å². The molecule has 1 nitrogen and oxygen atoms in total. The Morgan fingerprint density at radius 2 is 2.00 bits per heavy atom. The Bertz CT molecular complexity index is 417. The standard InChI is InChI=1S/C13H15ClF3N/c14-5-1-6-18-7-4-10-2-3-12(13(15,16)17)8-11(10)9-18/h2-3,8H,1,4-7,9H2. The highest BCUT2D eigenvalue weighted by Gasteiger charge is 2.31. The van der Waals surface area contributed by atoms with Crippen molar-refractivity contribution in [3.05, 3.63) is 34.9 Å². The van der Waals surface area contributed by atoms with Crippen molar-refractivity contribution in [2.45, 2.75) is 25.6 Å². The monoisotopic (exact) mass is 277 g/mol. The molecule has 1 aliphatic rings. The molecule has 18 heavy (non-hydrogen) atoms. The molecule has 0 aromatic heterocycles. The van der Waals surface area contributed by atoms with E-state index in [1.807, 2.05) is 0 Å². The minimum absolute atomic E-state index is 0.555. The molecule has 0 saturated carbocycles. The zero-order chi connectivity index (χ0) is 13.2. The van der Waals surface area contributed by atoms with Crippen LogP contribution in [0.3, 0.4) is 0 Å². The van der Waals surface area contributed by atoms with Crippen molar-refractivity contribution in [3.8, 4) is 0 Å². The minimum Gasteiger partial charge on any atom is -0.299 e. The lowest BCUT2D eigenvalue weighted by Crippen LogP contribution is -2.31. The predicted molar refractivity (Wildman–Crippen MR) is 65.8 cm³/mol. The van der Waals surface area contributed by atoms with E-state index >= 15 is 0 Å². The fraction of sp³-hybridized carbons (Fsp3) is 0.538. The second kappa shape index (κ2) is 5.49. The highest BCUT2D eigenvalue weighted by atomic mass is 35.5. The summed E-state index contributed by atoms with van der Waals surface area (Å²) >= 11 is 5.63. The molecule has 0 spiro atoms. The van der Waals surface area contributed by atoms with Gasteiger partial charge in [-0.3, -0.25) is 4.90 Å². The maximum absolute atomic E-state index is 12.6. The van der Waals surface area contributed by atoms with Gasteiger partial charge < -0.3 is 0 Å². The third kappa shape index (κ3) is 3.18. The van der Waals surface area contributed by atoms with E-state index in [4.69, 9.17) is 11.6 Å². The molecule has 1 aliphatic heterocycles. The molecule has 0 saturated heterocycles. The van der Waals surface area contributed by atoms with Crippen molar-refractivity contribution in [3.63, 3.8) is 0 Å². The molecule has 2 rings (SSSR count).